The van der Waals surface area contributed by atoms with Crippen LogP contribution in [0.2, 0.25) is 0 Å². The first-order valence-corrected chi connectivity index (χ1v) is 9.40. The number of hydroxylamine groups is 2. The first kappa shape index (κ1) is 20.4. The zero-order valence-electron chi connectivity index (χ0n) is 17.2. The monoisotopic (exact) mass is 423 g/mol. The van der Waals surface area contributed by atoms with E-state index in [4.69, 9.17) is 9.68 Å². The number of hydrogen-bond acceptors (Lipinski definition) is 9. The Kier molecular flexibility index (Phi) is 5.32. The normalized spacial score (nSPS) is 20.1. The molecule has 160 valence electrons. The number of esters is 1. The Morgan fingerprint density at radius 3 is 2.45 bits per heavy atom. The fourth-order valence-electron chi connectivity index (χ4n) is 3.38. The number of carbonyl (C=O) groups is 2. The van der Waals surface area contributed by atoms with Crippen LogP contribution in [-0.2, 0) is 25.1 Å². The van der Waals surface area contributed by atoms with Gasteiger partial charge in [-0.2, -0.15) is 5.06 Å². The van der Waals surface area contributed by atoms with Crippen molar-refractivity contribution in [2.24, 2.45) is 5.16 Å². The number of para-hydroxylation sites is 1. The third kappa shape index (κ3) is 3.47. The minimum absolute atomic E-state index is 0.149. The first-order valence-electron chi connectivity index (χ1n) is 9.40. The van der Waals surface area contributed by atoms with E-state index in [1.807, 2.05) is 36.5 Å². The maximum atomic E-state index is 12.7. The smallest absolute Gasteiger partial charge is 0.379 e. The molecule has 0 radical (unpaired) electrons. The van der Waals surface area contributed by atoms with Crippen molar-refractivity contribution in [3.8, 4) is 0 Å². The molecule has 0 saturated carbocycles. The number of ketones is 1. The molecule has 10 heteroatoms. The van der Waals surface area contributed by atoms with Crippen LogP contribution in [-0.4, -0.2) is 41.9 Å². The van der Waals surface area contributed by atoms with Gasteiger partial charge in [0.25, 0.3) is 5.78 Å². The van der Waals surface area contributed by atoms with Gasteiger partial charge in [0.05, 0.1) is 12.8 Å². The number of hydrogen-bond donors (Lipinski definition) is 1. The fraction of sp³-hybridized carbons (Fsp3) is 0.190. The lowest BCUT2D eigenvalue weighted by atomic mass is 9.99. The predicted octanol–water partition coefficient (Wildman–Crippen LogP) is 2.09. The van der Waals surface area contributed by atoms with Gasteiger partial charge >= 0.3 is 11.8 Å². The Bertz CT molecular complexity index is 1060. The number of methoxy groups -OCH3 is 1. The highest BCUT2D eigenvalue weighted by atomic mass is 16.9. The van der Waals surface area contributed by atoms with Gasteiger partial charge in [0.2, 0.25) is 0 Å². The van der Waals surface area contributed by atoms with Gasteiger partial charge in [-0.1, -0.05) is 47.6 Å². The maximum Gasteiger partial charge on any atom is 0.379 e. The summed E-state index contributed by atoms with van der Waals surface area (Å²) in [4.78, 5) is 35.5. The van der Waals surface area contributed by atoms with Crippen LogP contribution in [0.15, 0.2) is 72.2 Å². The molecule has 1 saturated heterocycles. The van der Waals surface area contributed by atoms with Crippen molar-refractivity contribution in [2.45, 2.75) is 12.8 Å². The number of benzene rings is 2. The number of nitrogens with one attached hydrogen (secondary N) is 1. The minimum Gasteiger partial charge on any atom is -0.463 e. The Labute approximate surface area is 178 Å². The number of rotatable bonds is 6. The van der Waals surface area contributed by atoms with E-state index >= 15 is 0 Å². The predicted molar refractivity (Wildman–Crippen MR) is 111 cm³/mol. The molecule has 0 bridgehead atoms. The zero-order chi connectivity index (χ0) is 22.0. The Morgan fingerprint density at radius 2 is 1.74 bits per heavy atom. The summed E-state index contributed by atoms with van der Waals surface area (Å²) in [5.41, 5.74) is 4.69. The van der Waals surface area contributed by atoms with Crippen molar-refractivity contribution in [3.63, 3.8) is 0 Å². The molecular formula is C21H21N5O5. The lowest BCUT2D eigenvalue weighted by Gasteiger charge is -2.28. The summed E-state index contributed by atoms with van der Waals surface area (Å²) in [5, 5.41) is 8.86. The molecule has 1 fully saturated rings. The number of oxime groups is 1. The van der Waals surface area contributed by atoms with Crippen molar-refractivity contribution in [1.82, 2.24) is 15.6 Å². The quantitative estimate of drug-likeness (QED) is 0.142. The van der Waals surface area contributed by atoms with Gasteiger partial charge in [0.15, 0.2) is 5.84 Å². The number of carbonyl (C=O) groups excluding carboxylic acids is 2. The molecule has 4 rings (SSSR count). The minimum atomic E-state index is -1.29. The van der Waals surface area contributed by atoms with Crippen molar-refractivity contribution in [3.05, 3.63) is 78.1 Å². The van der Waals surface area contributed by atoms with E-state index in [0.717, 1.165) is 12.8 Å². The zero-order valence-corrected chi connectivity index (χ0v) is 17.2. The summed E-state index contributed by atoms with van der Waals surface area (Å²) in [5.74, 6) is -2.62. The number of nitrogens with zero attached hydrogens (tertiary/aromatic N) is 4. The lowest BCUT2D eigenvalue weighted by Crippen LogP contribution is -2.48. The molecular weight excluding hydrogens is 402 g/mol. The van der Waals surface area contributed by atoms with Crippen LogP contribution in [0, 0.1) is 0 Å². The average Bonchev–Trinajstić information content (AvgIpc) is 3.38. The molecule has 1 unspecified atom stereocenters. The summed E-state index contributed by atoms with van der Waals surface area (Å²) in [7, 11) is 2.59. The molecule has 2 heterocycles. The van der Waals surface area contributed by atoms with Gasteiger partial charge in [-0.05, 0) is 19.1 Å². The standard InChI is InChI=1S/C21H21N5O5/c1-15(22-30-3)26-21(31-26,18-12-8-7-11-17(18)19(27)20(28)29-2)25-14-13-24(23-25)16-9-5-4-6-10-16/h4-14,23H,1-3H3/b22-15+. The van der Waals surface area contributed by atoms with Crippen LogP contribution < -0.4 is 10.5 Å². The number of anilines is 1. The average molecular weight is 423 g/mol. The summed E-state index contributed by atoms with van der Waals surface area (Å²) in [6, 6.07) is 16.3. The van der Waals surface area contributed by atoms with Crippen LogP contribution in [0.5, 0.6) is 0 Å². The molecule has 0 amide bonds. The van der Waals surface area contributed by atoms with Gasteiger partial charge in [0, 0.05) is 23.5 Å². The second kappa shape index (κ2) is 8.09. The van der Waals surface area contributed by atoms with Crippen LogP contribution in [0.25, 0.3) is 0 Å². The van der Waals surface area contributed by atoms with Crippen molar-refractivity contribution >= 4 is 23.3 Å². The second-order valence-electron chi connectivity index (χ2n) is 6.65. The van der Waals surface area contributed by atoms with E-state index in [2.05, 4.69) is 15.4 Å². The largest absolute Gasteiger partial charge is 0.463 e. The molecule has 10 nitrogen and oxygen atoms in total. The van der Waals surface area contributed by atoms with E-state index in [-0.39, 0.29) is 5.56 Å². The number of ether oxygens (including phenoxy) is 1. The summed E-state index contributed by atoms with van der Waals surface area (Å²) >= 11 is 0. The highest BCUT2D eigenvalue weighted by Crippen LogP contribution is 2.49. The van der Waals surface area contributed by atoms with Gasteiger partial charge in [0.1, 0.15) is 7.11 Å². The molecule has 2 aliphatic heterocycles. The highest BCUT2D eigenvalue weighted by molar-refractivity contribution is 6.41. The number of Topliss-reactive ketones (excluding diaryl/α,β-unsaturated/α-hetero) is 1. The second-order valence-corrected chi connectivity index (χ2v) is 6.65. The van der Waals surface area contributed by atoms with Crippen LogP contribution in [0.4, 0.5) is 5.69 Å². The SMILES string of the molecule is CO/N=C(\C)N1OC1(c1ccccc1C(=O)C(=O)OC)N1C=CN(c2ccccc2)N1. The number of amidine groups is 1. The van der Waals surface area contributed by atoms with Crippen LogP contribution in [0.1, 0.15) is 22.8 Å². The molecule has 0 spiro atoms. The molecule has 31 heavy (non-hydrogen) atoms. The molecule has 0 aromatic heterocycles. The van der Waals surface area contributed by atoms with Crippen molar-refractivity contribution in [1.29, 1.82) is 0 Å². The van der Waals surface area contributed by atoms with Gasteiger partial charge < -0.3 is 9.57 Å². The van der Waals surface area contributed by atoms with E-state index in [1.165, 1.54) is 12.2 Å². The van der Waals surface area contributed by atoms with E-state index < -0.39 is 17.6 Å². The fourth-order valence-corrected chi connectivity index (χ4v) is 3.38. The Hall–Kier alpha value is -3.89. The Balaban J connectivity index is 1.74. The van der Waals surface area contributed by atoms with Crippen molar-refractivity contribution in [2.75, 3.05) is 19.2 Å². The summed E-state index contributed by atoms with van der Waals surface area (Å²) in [6.45, 7) is 1.70. The van der Waals surface area contributed by atoms with E-state index in [9.17, 15) is 9.59 Å². The number of hydrazine groups is 2. The lowest BCUT2D eigenvalue weighted by molar-refractivity contribution is -0.135. The maximum absolute atomic E-state index is 12.7. The van der Waals surface area contributed by atoms with Crippen LogP contribution in [0.3, 0.4) is 0 Å². The van der Waals surface area contributed by atoms with E-state index in [0.29, 0.717) is 11.4 Å². The van der Waals surface area contributed by atoms with Crippen molar-refractivity contribution < 1.29 is 24.0 Å². The highest BCUT2D eigenvalue weighted by Gasteiger charge is 2.65. The van der Waals surface area contributed by atoms with E-state index in [1.54, 1.807) is 47.4 Å². The van der Waals surface area contributed by atoms with Gasteiger partial charge in [-0.25, -0.2) is 14.6 Å². The third-order valence-electron chi connectivity index (χ3n) is 4.81. The topological polar surface area (TPSA) is 99.0 Å². The third-order valence-corrected chi connectivity index (χ3v) is 4.81. The van der Waals surface area contributed by atoms with Gasteiger partial charge in [-0.3, -0.25) is 9.80 Å². The summed E-state index contributed by atoms with van der Waals surface area (Å²) < 4.78 is 4.63. The van der Waals surface area contributed by atoms with Gasteiger partial charge in [-0.15, -0.1) is 5.53 Å². The van der Waals surface area contributed by atoms with Crippen LogP contribution >= 0.6 is 0 Å². The molecule has 0 aliphatic carbocycles. The Morgan fingerprint density at radius 1 is 1.03 bits per heavy atom. The molecule has 1 N–H and O–H groups in total. The first-order chi connectivity index (χ1) is 15.0. The molecule has 1 atom stereocenters. The molecule has 2 aromatic rings. The summed E-state index contributed by atoms with van der Waals surface area (Å²) in [6.07, 6.45) is 3.57. The molecule has 2 aromatic carbocycles. The molecule has 2 aliphatic rings.